The molecule has 1 aromatic heterocycles. The molecule has 2 rings (SSSR count). The maximum Gasteiger partial charge on any atom is 0.272 e. The summed E-state index contributed by atoms with van der Waals surface area (Å²) in [6.45, 7) is 1.80. The smallest absolute Gasteiger partial charge is 0.272 e. The van der Waals surface area contributed by atoms with Gasteiger partial charge >= 0.3 is 0 Å². The third-order valence-corrected chi connectivity index (χ3v) is 2.55. The molecule has 3 N–H and O–H groups in total. The molecule has 0 fully saturated rings. The molecule has 96 valence electrons. The number of carbonyl (C=O) groups excluding carboxylic acids is 1. The van der Waals surface area contributed by atoms with E-state index in [1.165, 1.54) is 6.20 Å². The van der Waals surface area contributed by atoms with Gasteiger partial charge in [-0.2, -0.15) is 5.10 Å². The fourth-order valence-electron chi connectivity index (χ4n) is 1.52. The predicted molar refractivity (Wildman–Crippen MR) is 74.8 cm³/mol. The molecule has 2 aromatic rings. The third-order valence-electron chi connectivity index (χ3n) is 2.55. The molecule has 0 aliphatic rings. The Balaban J connectivity index is 2.09. The van der Waals surface area contributed by atoms with Gasteiger partial charge in [0.1, 0.15) is 0 Å². The number of hydrogen-bond acceptors (Lipinski definition) is 4. The van der Waals surface area contributed by atoms with Crippen LogP contribution in [0.1, 0.15) is 22.8 Å². The highest BCUT2D eigenvalue weighted by atomic mass is 16.2. The standard InChI is InChI=1S/C14H14N4O/c1-10(11-4-2-6-13(15)8-11)17-18-14(19)12-5-3-7-16-9-12/h2-9H,15H2,1H3,(H,18,19)/b17-10+. The van der Waals surface area contributed by atoms with Crippen molar-refractivity contribution in [3.8, 4) is 0 Å². The molecule has 0 aliphatic carbocycles. The minimum Gasteiger partial charge on any atom is -0.399 e. The molecule has 5 heteroatoms. The number of nitrogens with two attached hydrogens (primary N) is 1. The van der Waals surface area contributed by atoms with Gasteiger partial charge in [0.05, 0.1) is 11.3 Å². The zero-order valence-corrected chi connectivity index (χ0v) is 10.5. The summed E-state index contributed by atoms with van der Waals surface area (Å²) in [4.78, 5) is 15.6. The molecule has 0 saturated carbocycles. The van der Waals surface area contributed by atoms with Crippen molar-refractivity contribution in [2.24, 2.45) is 5.10 Å². The van der Waals surface area contributed by atoms with Crippen molar-refractivity contribution < 1.29 is 4.79 Å². The topological polar surface area (TPSA) is 80.4 Å². The highest BCUT2D eigenvalue weighted by molar-refractivity contribution is 6.01. The van der Waals surface area contributed by atoms with E-state index in [1.807, 2.05) is 12.1 Å². The van der Waals surface area contributed by atoms with Crippen LogP contribution in [-0.2, 0) is 0 Å². The molecular weight excluding hydrogens is 240 g/mol. The minimum atomic E-state index is -0.295. The third kappa shape index (κ3) is 3.38. The van der Waals surface area contributed by atoms with Gasteiger partial charge in [-0.3, -0.25) is 9.78 Å². The maximum absolute atomic E-state index is 11.8. The van der Waals surface area contributed by atoms with Gasteiger partial charge in [0.25, 0.3) is 5.91 Å². The summed E-state index contributed by atoms with van der Waals surface area (Å²) in [6.07, 6.45) is 3.10. The first-order valence-corrected chi connectivity index (χ1v) is 5.77. The van der Waals surface area contributed by atoms with E-state index in [0.717, 1.165) is 5.56 Å². The van der Waals surface area contributed by atoms with Crippen LogP contribution in [0.3, 0.4) is 0 Å². The van der Waals surface area contributed by atoms with Gasteiger partial charge in [0.15, 0.2) is 0 Å². The summed E-state index contributed by atoms with van der Waals surface area (Å²) in [5, 5.41) is 4.05. The van der Waals surface area contributed by atoms with Crippen molar-refractivity contribution in [3.63, 3.8) is 0 Å². The number of amides is 1. The van der Waals surface area contributed by atoms with Crippen LogP contribution in [-0.4, -0.2) is 16.6 Å². The van der Waals surface area contributed by atoms with E-state index in [2.05, 4.69) is 15.5 Å². The Morgan fingerprint density at radius 1 is 1.26 bits per heavy atom. The molecule has 19 heavy (non-hydrogen) atoms. The van der Waals surface area contributed by atoms with E-state index in [-0.39, 0.29) is 5.91 Å². The molecule has 0 radical (unpaired) electrons. The molecule has 5 nitrogen and oxygen atoms in total. The Morgan fingerprint density at radius 3 is 2.74 bits per heavy atom. The van der Waals surface area contributed by atoms with Crippen LogP contribution in [0, 0.1) is 0 Å². The monoisotopic (exact) mass is 254 g/mol. The first-order chi connectivity index (χ1) is 9.16. The fourth-order valence-corrected chi connectivity index (χ4v) is 1.52. The molecule has 1 amide bonds. The molecule has 0 aliphatic heterocycles. The highest BCUT2D eigenvalue weighted by Gasteiger charge is 2.04. The van der Waals surface area contributed by atoms with Crippen LogP contribution in [0.5, 0.6) is 0 Å². The maximum atomic E-state index is 11.8. The summed E-state index contributed by atoms with van der Waals surface area (Å²) in [6, 6.07) is 10.7. The summed E-state index contributed by atoms with van der Waals surface area (Å²) < 4.78 is 0. The summed E-state index contributed by atoms with van der Waals surface area (Å²) in [5.41, 5.74) is 10.9. The number of carbonyl (C=O) groups is 1. The van der Waals surface area contributed by atoms with Gasteiger partial charge in [0.2, 0.25) is 0 Å². The lowest BCUT2D eigenvalue weighted by atomic mass is 10.1. The molecule has 0 atom stereocenters. The van der Waals surface area contributed by atoms with Crippen LogP contribution >= 0.6 is 0 Å². The average molecular weight is 254 g/mol. The van der Waals surface area contributed by atoms with E-state index in [9.17, 15) is 4.79 Å². The Kier molecular flexibility index (Phi) is 3.87. The lowest BCUT2D eigenvalue weighted by molar-refractivity contribution is 0.0954. The number of aromatic nitrogens is 1. The largest absolute Gasteiger partial charge is 0.399 e. The van der Waals surface area contributed by atoms with Gasteiger partial charge in [-0.05, 0) is 36.8 Å². The lowest BCUT2D eigenvalue weighted by Crippen LogP contribution is -2.19. The lowest BCUT2D eigenvalue weighted by Gasteiger charge is -2.03. The fraction of sp³-hybridized carbons (Fsp3) is 0.0714. The Morgan fingerprint density at radius 2 is 2.05 bits per heavy atom. The van der Waals surface area contributed by atoms with Crippen LogP contribution in [0.15, 0.2) is 53.9 Å². The molecule has 0 bridgehead atoms. The first-order valence-electron chi connectivity index (χ1n) is 5.77. The molecule has 1 aromatic carbocycles. The Hall–Kier alpha value is -2.69. The van der Waals surface area contributed by atoms with Crippen molar-refractivity contribution in [1.29, 1.82) is 0 Å². The van der Waals surface area contributed by atoms with Gasteiger partial charge in [-0.1, -0.05) is 12.1 Å². The van der Waals surface area contributed by atoms with Crippen molar-refractivity contribution in [1.82, 2.24) is 10.4 Å². The number of nitrogens with zero attached hydrogens (tertiary/aromatic N) is 2. The SMILES string of the molecule is C/C(=N\NC(=O)c1cccnc1)c1cccc(N)c1. The number of benzene rings is 1. The summed E-state index contributed by atoms with van der Waals surface area (Å²) in [5.74, 6) is -0.295. The van der Waals surface area contributed by atoms with Crippen molar-refractivity contribution in [2.75, 3.05) is 5.73 Å². The van der Waals surface area contributed by atoms with Crippen LogP contribution in [0.25, 0.3) is 0 Å². The quantitative estimate of drug-likeness (QED) is 0.498. The highest BCUT2D eigenvalue weighted by Crippen LogP contribution is 2.07. The van der Waals surface area contributed by atoms with E-state index in [1.54, 1.807) is 37.4 Å². The Bertz CT molecular complexity index is 608. The van der Waals surface area contributed by atoms with Gasteiger partial charge < -0.3 is 5.73 Å². The zero-order valence-electron chi connectivity index (χ0n) is 10.5. The Labute approximate surface area is 111 Å². The minimum absolute atomic E-state index is 0.295. The van der Waals surface area contributed by atoms with E-state index < -0.39 is 0 Å². The average Bonchev–Trinajstić information content (AvgIpc) is 2.45. The predicted octanol–water partition coefficient (Wildman–Crippen LogP) is 1.82. The summed E-state index contributed by atoms with van der Waals surface area (Å²) >= 11 is 0. The van der Waals surface area contributed by atoms with E-state index >= 15 is 0 Å². The number of rotatable bonds is 3. The molecule has 1 heterocycles. The second kappa shape index (κ2) is 5.77. The molecular formula is C14H14N4O. The molecule has 0 spiro atoms. The number of nitrogen functional groups attached to an aromatic ring is 1. The number of hydrazone groups is 1. The van der Waals surface area contributed by atoms with E-state index in [0.29, 0.717) is 17.0 Å². The number of hydrogen-bond donors (Lipinski definition) is 2. The van der Waals surface area contributed by atoms with Crippen molar-refractivity contribution in [3.05, 3.63) is 59.9 Å². The van der Waals surface area contributed by atoms with Crippen LogP contribution < -0.4 is 11.2 Å². The molecule has 0 unspecified atom stereocenters. The number of nitrogens with one attached hydrogen (secondary N) is 1. The van der Waals surface area contributed by atoms with Crippen molar-refractivity contribution >= 4 is 17.3 Å². The zero-order chi connectivity index (χ0) is 13.7. The first kappa shape index (κ1) is 12.8. The number of anilines is 1. The van der Waals surface area contributed by atoms with Gasteiger partial charge in [-0.25, -0.2) is 5.43 Å². The second-order valence-electron chi connectivity index (χ2n) is 4.01. The van der Waals surface area contributed by atoms with Crippen molar-refractivity contribution in [2.45, 2.75) is 6.92 Å². The van der Waals surface area contributed by atoms with Crippen LogP contribution in [0.2, 0.25) is 0 Å². The van der Waals surface area contributed by atoms with E-state index in [4.69, 9.17) is 5.73 Å². The van der Waals surface area contributed by atoms with Gasteiger partial charge in [-0.15, -0.1) is 0 Å². The molecule has 0 saturated heterocycles. The number of pyridine rings is 1. The summed E-state index contributed by atoms with van der Waals surface area (Å²) in [7, 11) is 0. The second-order valence-corrected chi connectivity index (χ2v) is 4.01. The van der Waals surface area contributed by atoms with Gasteiger partial charge in [0, 0.05) is 18.1 Å². The normalized spacial score (nSPS) is 11.1. The van der Waals surface area contributed by atoms with Crippen LogP contribution in [0.4, 0.5) is 5.69 Å².